The quantitative estimate of drug-likeness (QED) is 0.908. The molecular formula is C11H12BrN3O2S. The van der Waals surface area contributed by atoms with Crippen LogP contribution in [0, 0.1) is 13.8 Å². The van der Waals surface area contributed by atoms with E-state index in [2.05, 4.69) is 30.8 Å². The Balaban J connectivity index is 2.36. The molecule has 0 amide bonds. The fourth-order valence-corrected chi connectivity index (χ4v) is 2.79. The molecule has 2 rings (SSSR count). The second-order valence-electron chi connectivity index (χ2n) is 3.95. The first kappa shape index (κ1) is 13.1. The topological polar surface area (TPSA) is 74.8 Å². The number of halogens is 1. The van der Waals surface area contributed by atoms with E-state index in [1.165, 1.54) is 12.3 Å². The van der Waals surface area contributed by atoms with Gasteiger partial charge >= 0.3 is 0 Å². The van der Waals surface area contributed by atoms with E-state index < -0.39 is 10.0 Å². The zero-order valence-electron chi connectivity index (χ0n) is 9.86. The lowest BCUT2D eigenvalue weighted by molar-refractivity contribution is 0.597. The Kier molecular flexibility index (Phi) is 3.45. The number of hydrogen-bond donors (Lipinski definition) is 2. The Morgan fingerprint density at radius 2 is 1.89 bits per heavy atom. The Hall–Kier alpha value is -1.34. The Labute approximate surface area is 114 Å². The van der Waals surface area contributed by atoms with E-state index in [0.29, 0.717) is 5.69 Å². The second kappa shape index (κ2) is 4.74. The van der Waals surface area contributed by atoms with Gasteiger partial charge in [-0.1, -0.05) is 15.9 Å². The van der Waals surface area contributed by atoms with E-state index >= 15 is 0 Å². The van der Waals surface area contributed by atoms with Crippen LogP contribution in [-0.2, 0) is 10.0 Å². The van der Waals surface area contributed by atoms with Crippen molar-refractivity contribution in [3.63, 3.8) is 0 Å². The lowest BCUT2D eigenvalue weighted by Gasteiger charge is -2.10. The number of anilines is 1. The van der Waals surface area contributed by atoms with Gasteiger partial charge in [-0.25, -0.2) is 0 Å². The summed E-state index contributed by atoms with van der Waals surface area (Å²) in [4.78, 5) is 0. The number of nitrogens with zero attached hydrogens (tertiary/aromatic N) is 1. The largest absolute Gasteiger partial charge is 0.278 e. The van der Waals surface area contributed by atoms with Gasteiger partial charge in [0, 0.05) is 10.2 Å². The number of aryl methyl sites for hydroxylation is 2. The van der Waals surface area contributed by atoms with Crippen molar-refractivity contribution in [3.05, 3.63) is 40.0 Å². The molecular weight excluding hydrogens is 318 g/mol. The average molecular weight is 330 g/mol. The molecule has 0 radical (unpaired) electrons. The van der Waals surface area contributed by atoms with Crippen molar-refractivity contribution in [2.75, 3.05) is 4.72 Å². The predicted octanol–water partition coefficient (Wildman–Crippen LogP) is 2.59. The van der Waals surface area contributed by atoms with Crippen LogP contribution in [0.15, 0.2) is 33.9 Å². The second-order valence-corrected chi connectivity index (χ2v) is 6.39. The summed E-state index contributed by atoms with van der Waals surface area (Å²) in [5, 5.41) is 6.10. The van der Waals surface area contributed by atoms with Crippen LogP contribution in [-0.4, -0.2) is 18.6 Å². The highest BCUT2D eigenvalue weighted by atomic mass is 79.9. The third kappa shape index (κ3) is 2.56. The SMILES string of the molecule is Cc1cc(NS(=O)(=O)c2ccn[nH]2)cc(C)c1Br. The molecule has 0 saturated carbocycles. The summed E-state index contributed by atoms with van der Waals surface area (Å²) >= 11 is 3.44. The summed E-state index contributed by atoms with van der Waals surface area (Å²) in [5.74, 6) is 0. The molecule has 0 unspecified atom stereocenters. The van der Waals surface area contributed by atoms with Gasteiger partial charge in [0.05, 0.1) is 6.20 Å². The fraction of sp³-hybridized carbons (Fsp3) is 0.182. The van der Waals surface area contributed by atoms with Crippen LogP contribution < -0.4 is 4.72 Å². The molecule has 7 heteroatoms. The van der Waals surface area contributed by atoms with Gasteiger partial charge in [-0.3, -0.25) is 9.82 Å². The summed E-state index contributed by atoms with van der Waals surface area (Å²) in [6, 6.07) is 4.94. The van der Waals surface area contributed by atoms with Crippen LogP contribution in [0.1, 0.15) is 11.1 Å². The number of benzene rings is 1. The smallest absolute Gasteiger partial charge is 0.278 e. The monoisotopic (exact) mass is 329 g/mol. The molecule has 0 spiro atoms. The first-order chi connectivity index (χ1) is 8.40. The van der Waals surface area contributed by atoms with Crippen molar-refractivity contribution in [1.29, 1.82) is 0 Å². The van der Waals surface area contributed by atoms with Crippen LogP contribution >= 0.6 is 15.9 Å². The Morgan fingerprint density at radius 3 is 2.39 bits per heavy atom. The number of hydrogen-bond acceptors (Lipinski definition) is 3. The van der Waals surface area contributed by atoms with Gasteiger partial charge in [0.1, 0.15) is 0 Å². The normalized spacial score (nSPS) is 11.5. The van der Waals surface area contributed by atoms with Gasteiger partial charge in [-0.2, -0.15) is 13.5 Å². The van der Waals surface area contributed by atoms with Crippen molar-refractivity contribution < 1.29 is 8.42 Å². The van der Waals surface area contributed by atoms with Crippen molar-refractivity contribution >= 4 is 31.6 Å². The average Bonchev–Trinajstić information content (AvgIpc) is 2.79. The first-order valence-electron chi connectivity index (χ1n) is 5.19. The number of nitrogens with one attached hydrogen (secondary N) is 2. The Morgan fingerprint density at radius 1 is 1.28 bits per heavy atom. The third-order valence-corrected chi connectivity index (χ3v) is 5.02. The summed E-state index contributed by atoms with van der Waals surface area (Å²) in [5.41, 5.74) is 2.47. The summed E-state index contributed by atoms with van der Waals surface area (Å²) in [7, 11) is -3.60. The number of aromatic nitrogens is 2. The minimum Gasteiger partial charge on any atom is -0.278 e. The molecule has 0 fully saturated rings. The van der Waals surface area contributed by atoms with Crippen molar-refractivity contribution in [2.45, 2.75) is 18.9 Å². The van der Waals surface area contributed by atoms with E-state index in [9.17, 15) is 8.42 Å². The molecule has 18 heavy (non-hydrogen) atoms. The molecule has 0 bridgehead atoms. The number of H-pyrrole nitrogens is 1. The van der Waals surface area contributed by atoms with Gasteiger partial charge in [-0.05, 0) is 43.2 Å². The summed E-state index contributed by atoms with van der Waals surface area (Å²) in [6.07, 6.45) is 1.40. The van der Waals surface area contributed by atoms with Crippen LogP contribution in [0.5, 0.6) is 0 Å². The summed E-state index contributed by atoms with van der Waals surface area (Å²) in [6.45, 7) is 3.82. The lowest BCUT2D eigenvalue weighted by atomic mass is 10.1. The molecule has 1 aromatic carbocycles. The van der Waals surface area contributed by atoms with Crippen LogP contribution in [0.3, 0.4) is 0 Å². The number of aromatic amines is 1. The molecule has 0 aliphatic carbocycles. The molecule has 2 N–H and O–H groups in total. The molecule has 0 aliphatic rings. The van der Waals surface area contributed by atoms with Crippen molar-refractivity contribution in [3.8, 4) is 0 Å². The standard InChI is InChI=1S/C11H12BrN3O2S/c1-7-5-9(6-8(2)11(7)12)15-18(16,17)10-3-4-13-14-10/h3-6,15H,1-2H3,(H,13,14). The highest BCUT2D eigenvalue weighted by molar-refractivity contribution is 9.10. The van der Waals surface area contributed by atoms with E-state index in [0.717, 1.165) is 15.6 Å². The van der Waals surface area contributed by atoms with Gasteiger partial charge in [0.2, 0.25) is 0 Å². The molecule has 2 aromatic rings. The molecule has 0 aliphatic heterocycles. The minimum absolute atomic E-state index is 0.0423. The molecule has 96 valence electrons. The predicted molar refractivity (Wildman–Crippen MR) is 73.0 cm³/mol. The van der Waals surface area contributed by atoms with E-state index in [1.807, 2.05) is 13.8 Å². The van der Waals surface area contributed by atoms with Gasteiger partial charge in [0.15, 0.2) is 5.03 Å². The first-order valence-corrected chi connectivity index (χ1v) is 7.47. The number of sulfonamides is 1. The maximum atomic E-state index is 12.0. The maximum Gasteiger partial charge on any atom is 0.278 e. The van der Waals surface area contributed by atoms with Crippen LogP contribution in [0.25, 0.3) is 0 Å². The third-order valence-electron chi connectivity index (χ3n) is 2.45. The molecule has 0 saturated heterocycles. The molecule has 5 nitrogen and oxygen atoms in total. The number of rotatable bonds is 3. The summed E-state index contributed by atoms with van der Waals surface area (Å²) < 4.78 is 27.4. The minimum atomic E-state index is -3.60. The zero-order valence-corrected chi connectivity index (χ0v) is 12.3. The van der Waals surface area contributed by atoms with Crippen LogP contribution in [0.4, 0.5) is 5.69 Å². The van der Waals surface area contributed by atoms with Gasteiger partial charge < -0.3 is 0 Å². The van der Waals surface area contributed by atoms with Crippen molar-refractivity contribution in [1.82, 2.24) is 10.2 Å². The van der Waals surface area contributed by atoms with Crippen LogP contribution in [0.2, 0.25) is 0 Å². The molecule has 1 heterocycles. The van der Waals surface area contributed by atoms with E-state index in [-0.39, 0.29) is 5.03 Å². The highest BCUT2D eigenvalue weighted by Crippen LogP contribution is 2.26. The molecule has 0 atom stereocenters. The van der Waals surface area contributed by atoms with E-state index in [4.69, 9.17) is 0 Å². The van der Waals surface area contributed by atoms with Crippen molar-refractivity contribution in [2.24, 2.45) is 0 Å². The lowest BCUT2D eigenvalue weighted by Crippen LogP contribution is -2.13. The maximum absolute atomic E-state index is 12.0. The van der Waals surface area contributed by atoms with Gasteiger partial charge in [0.25, 0.3) is 10.0 Å². The fourth-order valence-electron chi connectivity index (χ4n) is 1.61. The van der Waals surface area contributed by atoms with Gasteiger partial charge in [-0.15, -0.1) is 0 Å². The highest BCUT2D eigenvalue weighted by Gasteiger charge is 2.16. The Bertz CT molecular complexity index is 643. The zero-order chi connectivity index (χ0) is 13.3. The van der Waals surface area contributed by atoms with E-state index in [1.54, 1.807) is 12.1 Å². The molecule has 1 aromatic heterocycles.